The van der Waals surface area contributed by atoms with Crippen molar-refractivity contribution < 1.29 is 0 Å². The van der Waals surface area contributed by atoms with E-state index in [-0.39, 0.29) is 5.54 Å². The molecule has 1 heterocycles. The Morgan fingerprint density at radius 3 is 2.58 bits per heavy atom. The molecular formula is C15H22N4. The van der Waals surface area contributed by atoms with Crippen molar-refractivity contribution >= 4 is 0 Å². The summed E-state index contributed by atoms with van der Waals surface area (Å²) in [6, 6.07) is 10.6. The summed E-state index contributed by atoms with van der Waals surface area (Å²) in [5.74, 6) is 0. The molecule has 0 atom stereocenters. The molecule has 0 aliphatic carbocycles. The van der Waals surface area contributed by atoms with E-state index in [0.29, 0.717) is 0 Å². The molecule has 2 rings (SSSR count). The average molecular weight is 258 g/mol. The second-order valence-corrected chi connectivity index (χ2v) is 5.57. The van der Waals surface area contributed by atoms with E-state index < -0.39 is 0 Å². The van der Waals surface area contributed by atoms with E-state index in [9.17, 15) is 0 Å². The summed E-state index contributed by atoms with van der Waals surface area (Å²) in [6.45, 7) is 5.27. The highest BCUT2D eigenvalue weighted by molar-refractivity contribution is 5.15. The Morgan fingerprint density at radius 1 is 1.21 bits per heavy atom. The fraction of sp³-hybridized carbons (Fsp3) is 0.467. The van der Waals surface area contributed by atoms with E-state index in [1.165, 1.54) is 5.56 Å². The third kappa shape index (κ3) is 4.17. The molecule has 4 heteroatoms. The molecule has 0 spiro atoms. The zero-order valence-electron chi connectivity index (χ0n) is 11.9. The first-order valence-electron chi connectivity index (χ1n) is 6.69. The zero-order chi connectivity index (χ0) is 13.7. The summed E-state index contributed by atoms with van der Waals surface area (Å²) in [5, 5.41) is 11.4. The predicted molar refractivity (Wildman–Crippen MR) is 76.7 cm³/mol. The van der Waals surface area contributed by atoms with E-state index in [2.05, 4.69) is 59.8 Å². The minimum Gasteiger partial charge on any atom is -0.306 e. The maximum atomic E-state index is 3.94. The molecule has 0 bridgehead atoms. The molecule has 0 saturated heterocycles. The van der Waals surface area contributed by atoms with Crippen molar-refractivity contribution in [3.63, 3.8) is 0 Å². The van der Waals surface area contributed by atoms with Gasteiger partial charge in [-0.15, -0.1) is 5.10 Å². The van der Waals surface area contributed by atoms with Gasteiger partial charge < -0.3 is 5.32 Å². The summed E-state index contributed by atoms with van der Waals surface area (Å²) in [4.78, 5) is 0. The third-order valence-electron chi connectivity index (χ3n) is 3.44. The number of nitrogens with one attached hydrogen (secondary N) is 1. The third-order valence-corrected chi connectivity index (χ3v) is 3.44. The SMILES string of the molecule is Cn1nncc1CNC(C)(C)CCc1ccccc1. The van der Waals surface area contributed by atoms with E-state index >= 15 is 0 Å². The highest BCUT2D eigenvalue weighted by Crippen LogP contribution is 2.14. The predicted octanol–water partition coefficient (Wildman–Crippen LogP) is 2.32. The van der Waals surface area contributed by atoms with Crippen molar-refractivity contribution in [3.05, 3.63) is 47.8 Å². The van der Waals surface area contributed by atoms with Crippen LogP contribution in [0, 0.1) is 0 Å². The van der Waals surface area contributed by atoms with Gasteiger partial charge in [-0.25, -0.2) is 0 Å². The van der Waals surface area contributed by atoms with Crippen LogP contribution in [0.2, 0.25) is 0 Å². The van der Waals surface area contributed by atoms with E-state index in [0.717, 1.165) is 25.1 Å². The summed E-state index contributed by atoms with van der Waals surface area (Å²) in [5.41, 5.74) is 2.59. The first kappa shape index (κ1) is 13.7. The van der Waals surface area contributed by atoms with Gasteiger partial charge >= 0.3 is 0 Å². The molecule has 0 fully saturated rings. The molecule has 0 saturated carbocycles. The molecule has 0 unspecified atom stereocenters. The standard InChI is InChI=1S/C15H22N4/c1-15(2,10-9-13-7-5-4-6-8-13)16-11-14-12-17-18-19(14)3/h4-8,12,16H,9-11H2,1-3H3. The van der Waals surface area contributed by atoms with Gasteiger partial charge in [0.15, 0.2) is 0 Å². The number of hydrogen-bond donors (Lipinski definition) is 1. The van der Waals surface area contributed by atoms with Crippen LogP contribution >= 0.6 is 0 Å². The van der Waals surface area contributed by atoms with Crippen molar-refractivity contribution in [1.29, 1.82) is 0 Å². The number of nitrogens with zero attached hydrogens (tertiary/aromatic N) is 3. The quantitative estimate of drug-likeness (QED) is 0.864. The largest absolute Gasteiger partial charge is 0.306 e. The van der Waals surface area contributed by atoms with Crippen molar-refractivity contribution in [2.45, 2.75) is 38.8 Å². The van der Waals surface area contributed by atoms with Gasteiger partial charge in [0, 0.05) is 19.1 Å². The molecule has 2 aromatic rings. The van der Waals surface area contributed by atoms with Crippen LogP contribution in [0.3, 0.4) is 0 Å². The lowest BCUT2D eigenvalue weighted by molar-refractivity contribution is 0.355. The molecule has 0 aliphatic heterocycles. The molecule has 0 radical (unpaired) electrons. The highest BCUT2D eigenvalue weighted by Gasteiger charge is 2.17. The van der Waals surface area contributed by atoms with Crippen LogP contribution in [0.4, 0.5) is 0 Å². The number of hydrogen-bond acceptors (Lipinski definition) is 3. The van der Waals surface area contributed by atoms with Gasteiger partial charge in [0.05, 0.1) is 11.9 Å². The topological polar surface area (TPSA) is 42.7 Å². The minimum absolute atomic E-state index is 0.0973. The Hall–Kier alpha value is -1.68. The zero-order valence-corrected chi connectivity index (χ0v) is 11.9. The van der Waals surface area contributed by atoms with Gasteiger partial charge in [-0.3, -0.25) is 4.68 Å². The molecule has 19 heavy (non-hydrogen) atoms. The summed E-state index contributed by atoms with van der Waals surface area (Å²) in [7, 11) is 1.92. The Morgan fingerprint density at radius 2 is 1.95 bits per heavy atom. The molecule has 1 aromatic heterocycles. The van der Waals surface area contributed by atoms with Crippen LogP contribution in [0.25, 0.3) is 0 Å². The lowest BCUT2D eigenvalue weighted by atomic mass is 9.95. The van der Waals surface area contributed by atoms with Gasteiger partial charge in [0.1, 0.15) is 0 Å². The maximum Gasteiger partial charge on any atom is 0.0738 e. The summed E-state index contributed by atoms with van der Waals surface area (Å²) >= 11 is 0. The van der Waals surface area contributed by atoms with Crippen LogP contribution in [-0.4, -0.2) is 20.5 Å². The Labute approximate surface area is 114 Å². The number of aromatic nitrogens is 3. The Bertz CT molecular complexity index is 502. The number of benzene rings is 1. The van der Waals surface area contributed by atoms with Crippen LogP contribution in [0.5, 0.6) is 0 Å². The molecule has 0 aliphatic rings. The highest BCUT2D eigenvalue weighted by atomic mass is 15.4. The summed E-state index contributed by atoms with van der Waals surface area (Å²) < 4.78 is 1.81. The van der Waals surface area contributed by atoms with Gasteiger partial charge in [-0.2, -0.15) is 0 Å². The maximum absolute atomic E-state index is 3.94. The molecular weight excluding hydrogens is 236 g/mol. The van der Waals surface area contributed by atoms with Gasteiger partial charge in [-0.05, 0) is 32.3 Å². The van der Waals surface area contributed by atoms with E-state index in [1.807, 2.05) is 7.05 Å². The fourth-order valence-electron chi connectivity index (χ4n) is 1.99. The monoisotopic (exact) mass is 258 g/mol. The molecule has 4 nitrogen and oxygen atoms in total. The minimum atomic E-state index is 0.0973. The van der Waals surface area contributed by atoms with Crippen molar-refractivity contribution in [1.82, 2.24) is 20.3 Å². The number of rotatable bonds is 6. The first-order valence-corrected chi connectivity index (χ1v) is 6.69. The lowest BCUT2D eigenvalue weighted by Gasteiger charge is -2.26. The summed E-state index contributed by atoms with van der Waals surface area (Å²) in [6.07, 6.45) is 3.99. The first-order chi connectivity index (χ1) is 9.07. The molecule has 1 aromatic carbocycles. The molecule has 102 valence electrons. The van der Waals surface area contributed by atoms with Crippen LogP contribution < -0.4 is 5.32 Å². The fourth-order valence-corrected chi connectivity index (χ4v) is 1.99. The van der Waals surface area contributed by atoms with Crippen molar-refractivity contribution in [2.75, 3.05) is 0 Å². The van der Waals surface area contributed by atoms with Gasteiger partial charge in [0.25, 0.3) is 0 Å². The van der Waals surface area contributed by atoms with Crippen molar-refractivity contribution in [3.8, 4) is 0 Å². The molecule has 0 amide bonds. The lowest BCUT2D eigenvalue weighted by Crippen LogP contribution is -2.39. The van der Waals surface area contributed by atoms with Crippen LogP contribution in [0.1, 0.15) is 31.5 Å². The van der Waals surface area contributed by atoms with Crippen molar-refractivity contribution in [2.24, 2.45) is 7.05 Å². The number of aryl methyl sites for hydroxylation is 2. The smallest absolute Gasteiger partial charge is 0.0738 e. The second-order valence-electron chi connectivity index (χ2n) is 5.57. The van der Waals surface area contributed by atoms with Crippen LogP contribution in [-0.2, 0) is 20.0 Å². The van der Waals surface area contributed by atoms with Gasteiger partial charge in [-0.1, -0.05) is 35.5 Å². The molecule has 1 N–H and O–H groups in total. The van der Waals surface area contributed by atoms with Gasteiger partial charge in [0.2, 0.25) is 0 Å². The Balaban J connectivity index is 1.83. The van der Waals surface area contributed by atoms with E-state index in [1.54, 1.807) is 10.9 Å². The Kier molecular flexibility index (Phi) is 4.32. The van der Waals surface area contributed by atoms with Crippen LogP contribution in [0.15, 0.2) is 36.5 Å². The normalized spacial score (nSPS) is 11.7. The second kappa shape index (κ2) is 5.97. The van der Waals surface area contributed by atoms with E-state index in [4.69, 9.17) is 0 Å². The average Bonchev–Trinajstić information content (AvgIpc) is 2.81.